The number of methoxy groups -OCH3 is 1. The lowest BCUT2D eigenvalue weighted by Crippen LogP contribution is -2.51. The highest BCUT2D eigenvalue weighted by Gasteiger charge is 2.34. The zero-order valence-electron chi connectivity index (χ0n) is 13.5. The van der Waals surface area contributed by atoms with Crippen molar-refractivity contribution in [3.05, 3.63) is 42.0 Å². The van der Waals surface area contributed by atoms with Crippen LogP contribution >= 0.6 is 0 Å². The largest absolute Gasteiger partial charge is 0.469 e. The van der Waals surface area contributed by atoms with Crippen LogP contribution in [0.2, 0.25) is 0 Å². The average molecular weight is 323 g/mol. The van der Waals surface area contributed by atoms with Crippen molar-refractivity contribution in [1.82, 2.24) is 19.8 Å². The summed E-state index contributed by atoms with van der Waals surface area (Å²) >= 11 is 0. The van der Waals surface area contributed by atoms with Gasteiger partial charge in [0.15, 0.2) is 11.5 Å². The molecular formula is C17H17N5O2. The van der Waals surface area contributed by atoms with Crippen molar-refractivity contribution in [3.8, 4) is 11.4 Å². The maximum Gasteiger partial charge on any atom is 0.312 e. The fourth-order valence-corrected chi connectivity index (χ4v) is 2.81. The summed E-state index contributed by atoms with van der Waals surface area (Å²) < 4.78 is 6.51. The molecule has 0 saturated carbocycles. The number of anilines is 1. The first kappa shape index (κ1) is 14.6. The van der Waals surface area contributed by atoms with Crippen molar-refractivity contribution in [2.75, 3.05) is 25.1 Å². The summed E-state index contributed by atoms with van der Waals surface area (Å²) in [6, 6.07) is 11.9. The van der Waals surface area contributed by atoms with Gasteiger partial charge in [0.25, 0.3) is 0 Å². The number of ether oxygens (including phenoxy) is 1. The lowest BCUT2D eigenvalue weighted by atomic mass is 10.0. The van der Waals surface area contributed by atoms with Crippen LogP contribution in [0.5, 0.6) is 0 Å². The zero-order chi connectivity index (χ0) is 16.7. The van der Waals surface area contributed by atoms with Gasteiger partial charge in [-0.3, -0.25) is 4.79 Å². The highest BCUT2D eigenvalue weighted by Crippen LogP contribution is 2.25. The summed E-state index contributed by atoms with van der Waals surface area (Å²) in [6.45, 7) is 3.28. The van der Waals surface area contributed by atoms with E-state index in [-0.39, 0.29) is 11.9 Å². The third-order valence-electron chi connectivity index (χ3n) is 4.30. The molecule has 0 radical (unpaired) electrons. The van der Waals surface area contributed by atoms with Crippen LogP contribution in [-0.4, -0.2) is 46.0 Å². The number of hydrogen-bond acceptors (Lipinski definition) is 6. The Hall–Kier alpha value is -2.96. The number of aryl methyl sites for hydroxylation is 1. The van der Waals surface area contributed by atoms with Crippen LogP contribution in [-0.2, 0) is 9.53 Å². The highest BCUT2D eigenvalue weighted by molar-refractivity contribution is 5.76. The van der Waals surface area contributed by atoms with Crippen LogP contribution in [0.15, 0.2) is 36.4 Å². The number of nitrogens with zero attached hydrogens (tertiary/aromatic N) is 5. The first-order valence-corrected chi connectivity index (χ1v) is 7.78. The zero-order valence-corrected chi connectivity index (χ0v) is 13.5. The minimum Gasteiger partial charge on any atom is -0.469 e. The topological polar surface area (TPSA) is 72.6 Å². The minimum absolute atomic E-state index is 0.0787. The molecule has 1 saturated heterocycles. The van der Waals surface area contributed by atoms with Crippen LogP contribution in [0.1, 0.15) is 5.56 Å². The minimum atomic E-state index is -0.169. The molecule has 0 atom stereocenters. The van der Waals surface area contributed by atoms with E-state index in [0.29, 0.717) is 24.6 Å². The Balaban J connectivity index is 1.65. The third-order valence-corrected chi connectivity index (χ3v) is 4.30. The molecule has 0 aliphatic carbocycles. The molecule has 0 N–H and O–H groups in total. The molecule has 0 unspecified atom stereocenters. The molecule has 1 aliphatic heterocycles. The van der Waals surface area contributed by atoms with E-state index in [9.17, 15) is 4.79 Å². The Morgan fingerprint density at radius 1 is 1.12 bits per heavy atom. The molecule has 1 aromatic carbocycles. The quantitative estimate of drug-likeness (QED) is 0.683. The summed E-state index contributed by atoms with van der Waals surface area (Å²) in [5.74, 6) is 1.26. The summed E-state index contributed by atoms with van der Waals surface area (Å²) in [6.07, 6.45) is 0. The van der Waals surface area contributed by atoms with E-state index in [2.05, 4.69) is 15.3 Å². The molecule has 0 bridgehead atoms. The van der Waals surface area contributed by atoms with E-state index in [1.807, 2.05) is 48.2 Å². The number of aromatic nitrogens is 4. The molecular weight excluding hydrogens is 306 g/mol. The van der Waals surface area contributed by atoms with E-state index in [1.54, 1.807) is 4.52 Å². The second kappa shape index (κ2) is 5.59. The first-order valence-electron chi connectivity index (χ1n) is 7.78. The van der Waals surface area contributed by atoms with Gasteiger partial charge in [0.1, 0.15) is 5.82 Å². The van der Waals surface area contributed by atoms with Gasteiger partial charge in [0, 0.05) is 18.7 Å². The molecule has 1 fully saturated rings. The molecule has 0 spiro atoms. The van der Waals surface area contributed by atoms with Gasteiger partial charge in [0.2, 0.25) is 0 Å². The van der Waals surface area contributed by atoms with Crippen molar-refractivity contribution < 1.29 is 9.53 Å². The molecule has 122 valence electrons. The Morgan fingerprint density at radius 3 is 2.58 bits per heavy atom. The second-order valence-electron chi connectivity index (χ2n) is 5.98. The fourth-order valence-electron chi connectivity index (χ4n) is 2.81. The van der Waals surface area contributed by atoms with Gasteiger partial charge in [-0.05, 0) is 19.1 Å². The van der Waals surface area contributed by atoms with Gasteiger partial charge in [0.05, 0.1) is 13.0 Å². The third kappa shape index (κ3) is 2.38. The van der Waals surface area contributed by atoms with Crippen LogP contribution in [0.3, 0.4) is 0 Å². The van der Waals surface area contributed by atoms with E-state index < -0.39 is 0 Å². The van der Waals surface area contributed by atoms with Crippen LogP contribution in [0, 0.1) is 12.8 Å². The number of carbonyl (C=O) groups excluding carboxylic acids is 1. The molecule has 7 nitrogen and oxygen atoms in total. The van der Waals surface area contributed by atoms with Crippen molar-refractivity contribution in [1.29, 1.82) is 0 Å². The number of esters is 1. The first-order chi connectivity index (χ1) is 11.7. The fraction of sp³-hybridized carbons (Fsp3) is 0.294. The predicted molar refractivity (Wildman–Crippen MR) is 88.7 cm³/mol. The Kier molecular flexibility index (Phi) is 3.41. The SMILES string of the molecule is COC(=O)C1CN(c2ccc3nnc(-c4ccc(C)cc4)n3n2)C1. The molecule has 0 amide bonds. The van der Waals surface area contributed by atoms with Crippen LogP contribution in [0.4, 0.5) is 5.82 Å². The molecule has 1 aliphatic rings. The monoisotopic (exact) mass is 323 g/mol. The lowest BCUT2D eigenvalue weighted by molar-refractivity contribution is -0.146. The lowest BCUT2D eigenvalue weighted by Gasteiger charge is -2.38. The summed E-state index contributed by atoms with van der Waals surface area (Å²) in [5, 5.41) is 13.1. The maximum atomic E-state index is 11.5. The Labute approximate surface area is 138 Å². The summed E-state index contributed by atoms with van der Waals surface area (Å²) in [7, 11) is 1.42. The van der Waals surface area contributed by atoms with E-state index in [0.717, 1.165) is 11.4 Å². The number of fused-ring (bicyclic) bond motifs is 1. The second-order valence-corrected chi connectivity index (χ2v) is 5.98. The van der Waals surface area contributed by atoms with Gasteiger partial charge in [-0.25, -0.2) is 0 Å². The number of benzene rings is 1. The maximum absolute atomic E-state index is 11.5. The van der Waals surface area contributed by atoms with Gasteiger partial charge >= 0.3 is 5.97 Å². The normalized spacial score (nSPS) is 14.7. The molecule has 3 aromatic rings. The summed E-state index contributed by atoms with van der Waals surface area (Å²) in [5.41, 5.74) is 2.85. The van der Waals surface area contributed by atoms with Crippen molar-refractivity contribution in [3.63, 3.8) is 0 Å². The Bertz CT molecular complexity index is 897. The van der Waals surface area contributed by atoms with Crippen molar-refractivity contribution in [2.24, 2.45) is 5.92 Å². The summed E-state index contributed by atoms with van der Waals surface area (Å²) in [4.78, 5) is 13.6. The van der Waals surface area contributed by atoms with Crippen LogP contribution < -0.4 is 4.90 Å². The molecule has 7 heteroatoms. The van der Waals surface area contributed by atoms with Gasteiger partial charge in [-0.2, -0.15) is 4.52 Å². The average Bonchev–Trinajstić information content (AvgIpc) is 2.97. The molecule has 2 aromatic heterocycles. The Morgan fingerprint density at radius 2 is 1.88 bits per heavy atom. The number of carbonyl (C=O) groups is 1. The van der Waals surface area contributed by atoms with E-state index in [1.165, 1.54) is 12.7 Å². The highest BCUT2D eigenvalue weighted by atomic mass is 16.5. The molecule has 4 rings (SSSR count). The van der Waals surface area contributed by atoms with Gasteiger partial charge < -0.3 is 9.64 Å². The smallest absolute Gasteiger partial charge is 0.312 e. The molecule has 24 heavy (non-hydrogen) atoms. The molecule has 3 heterocycles. The number of hydrogen-bond donors (Lipinski definition) is 0. The van der Waals surface area contributed by atoms with Crippen molar-refractivity contribution >= 4 is 17.4 Å². The standard InChI is InChI=1S/C17H17N5O2/c1-11-3-5-12(6-4-11)16-19-18-14-7-8-15(20-22(14)16)21-9-13(10-21)17(23)24-2/h3-8,13H,9-10H2,1-2H3. The number of rotatable bonds is 3. The van der Waals surface area contributed by atoms with Gasteiger partial charge in [-0.1, -0.05) is 29.8 Å². The van der Waals surface area contributed by atoms with Crippen molar-refractivity contribution in [2.45, 2.75) is 6.92 Å². The van der Waals surface area contributed by atoms with Crippen LogP contribution in [0.25, 0.3) is 17.0 Å². The van der Waals surface area contributed by atoms with E-state index in [4.69, 9.17) is 4.74 Å². The van der Waals surface area contributed by atoms with E-state index >= 15 is 0 Å². The predicted octanol–water partition coefficient (Wildman–Crippen LogP) is 1.71. The van der Waals surface area contributed by atoms with Gasteiger partial charge in [-0.15, -0.1) is 15.3 Å².